The molecule has 0 bridgehead atoms. The Morgan fingerprint density at radius 3 is 2.65 bits per heavy atom. The minimum absolute atomic E-state index is 0.742. The Balaban J connectivity index is 1.91. The molecule has 2 aromatic carbocycles. The summed E-state index contributed by atoms with van der Waals surface area (Å²) >= 11 is 0. The summed E-state index contributed by atoms with van der Waals surface area (Å²) in [6.45, 7) is 5.94. The topological polar surface area (TPSA) is 29.9 Å². The Bertz CT molecular complexity index is 714. The predicted molar refractivity (Wildman–Crippen MR) is 83.9 cm³/mol. The number of imidazole rings is 1. The quantitative estimate of drug-likeness (QED) is 0.773. The van der Waals surface area contributed by atoms with Crippen LogP contribution in [0.3, 0.4) is 0 Å². The summed E-state index contributed by atoms with van der Waals surface area (Å²) in [5.41, 5.74) is 4.67. The Morgan fingerprint density at radius 2 is 1.90 bits per heavy atom. The lowest BCUT2D eigenvalue weighted by Gasteiger charge is -2.08. The second-order valence-electron chi connectivity index (χ2n) is 4.98. The highest BCUT2D eigenvalue weighted by Crippen LogP contribution is 2.18. The van der Waals surface area contributed by atoms with E-state index in [2.05, 4.69) is 54.1 Å². The van der Waals surface area contributed by atoms with E-state index in [1.807, 2.05) is 18.2 Å². The molecule has 3 nitrogen and oxygen atoms in total. The average molecular weight is 265 g/mol. The van der Waals surface area contributed by atoms with Crippen LogP contribution in [0.5, 0.6) is 0 Å². The maximum absolute atomic E-state index is 4.76. The fourth-order valence-electron chi connectivity index (χ4n) is 2.51. The lowest BCUT2D eigenvalue weighted by atomic mass is 10.2. The number of fused-ring (bicyclic) bond motifs is 1. The van der Waals surface area contributed by atoms with Gasteiger partial charge in [-0.25, -0.2) is 4.98 Å². The van der Waals surface area contributed by atoms with Crippen molar-refractivity contribution in [2.24, 2.45) is 0 Å². The van der Waals surface area contributed by atoms with Crippen LogP contribution >= 0.6 is 0 Å². The molecule has 0 spiro atoms. The van der Waals surface area contributed by atoms with Gasteiger partial charge < -0.3 is 9.88 Å². The monoisotopic (exact) mass is 265 g/mol. The van der Waals surface area contributed by atoms with Gasteiger partial charge in [-0.1, -0.05) is 24.3 Å². The highest BCUT2D eigenvalue weighted by molar-refractivity contribution is 5.77. The van der Waals surface area contributed by atoms with E-state index in [-0.39, 0.29) is 0 Å². The van der Waals surface area contributed by atoms with Crippen LogP contribution < -0.4 is 5.32 Å². The van der Waals surface area contributed by atoms with Crippen LogP contribution in [0.2, 0.25) is 0 Å². The summed E-state index contributed by atoms with van der Waals surface area (Å²) in [4.78, 5) is 4.76. The molecule has 3 aromatic rings. The highest BCUT2D eigenvalue weighted by Gasteiger charge is 2.09. The molecule has 0 atom stereocenters. The van der Waals surface area contributed by atoms with Crippen LogP contribution in [0.1, 0.15) is 18.3 Å². The average Bonchev–Trinajstić information content (AvgIpc) is 2.82. The van der Waals surface area contributed by atoms with Crippen molar-refractivity contribution in [2.45, 2.75) is 26.9 Å². The second-order valence-corrected chi connectivity index (χ2v) is 4.98. The first-order valence-corrected chi connectivity index (χ1v) is 7.02. The number of nitrogens with one attached hydrogen (secondary N) is 1. The molecule has 0 aliphatic rings. The van der Waals surface area contributed by atoms with Gasteiger partial charge in [-0.05, 0) is 43.7 Å². The Labute approximate surface area is 119 Å². The van der Waals surface area contributed by atoms with Gasteiger partial charge in [-0.2, -0.15) is 0 Å². The van der Waals surface area contributed by atoms with Crippen LogP contribution in [0.15, 0.2) is 48.5 Å². The van der Waals surface area contributed by atoms with Gasteiger partial charge in [0.05, 0.1) is 17.6 Å². The van der Waals surface area contributed by atoms with Crippen molar-refractivity contribution in [3.8, 4) is 0 Å². The minimum Gasteiger partial charge on any atom is -0.378 e. The molecule has 0 saturated carbocycles. The molecule has 1 heterocycles. The number of para-hydroxylation sites is 1. The molecular weight excluding hydrogens is 246 g/mol. The summed E-state index contributed by atoms with van der Waals surface area (Å²) in [5.74, 6) is 1.08. The minimum atomic E-state index is 0.742. The number of hydrogen-bond acceptors (Lipinski definition) is 2. The van der Waals surface area contributed by atoms with Crippen LogP contribution in [0.25, 0.3) is 11.0 Å². The van der Waals surface area contributed by atoms with Gasteiger partial charge in [-0.15, -0.1) is 0 Å². The summed E-state index contributed by atoms with van der Waals surface area (Å²) < 4.78 is 2.27. The largest absolute Gasteiger partial charge is 0.378 e. The molecule has 0 fully saturated rings. The van der Waals surface area contributed by atoms with Gasteiger partial charge in [0.2, 0.25) is 0 Å². The molecule has 0 amide bonds. The van der Waals surface area contributed by atoms with Crippen molar-refractivity contribution in [3.05, 3.63) is 59.9 Å². The molecule has 0 saturated heterocycles. The third-order valence-corrected chi connectivity index (χ3v) is 3.52. The summed E-state index contributed by atoms with van der Waals surface area (Å²) in [7, 11) is 0. The van der Waals surface area contributed by atoms with Gasteiger partial charge in [0.15, 0.2) is 0 Å². The van der Waals surface area contributed by atoms with E-state index in [9.17, 15) is 0 Å². The smallest absolute Gasteiger partial charge is 0.129 e. The fourth-order valence-corrected chi connectivity index (χ4v) is 2.51. The molecule has 3 heteroatoms. The molecule has 102 valence electrons. The van der Waals surface area contributed by atoms with E-state index in [4.69, 9.17) is 4.98 Å². The van der Waals surface area contributed by atoms with Crippen molar-refractivity contribution in [3.63, 3.8) is 0 Å². The Morgan fingerprint density at radius 1 is 1.10 bits per heavy atom. The van der Waals surface area contributed by atoms with Crippen LogP contribution in [0.4, 0.5) is 5.69 Å². The van der Waals surface area contributed by atoms with Crippen LogP contribution in [0, 0.1) is 6.92 Å². The molecule has 0 unspecified atom stereocenters. The number of anilines is 1. The fraction of sp³-hybridized carbons (Fsp3) is 0.235. The van der Waals surface area contributed by atoms with Crippen molar-refractivity contribution < 1.29 is 0 Å². The van der Waals surface area contributed by atoms with Crippen molar-refractivity contribution >= 4 is 16.7 Å². The van der Waals surface area contributed by atoms with Crippen LogP contribution in [-0.4, -0.2) is 9.55 Å². The molecule has 1 N–H and O–H groups in total. The van der Waals surface area contributed by atoms with Gasteiger partial charge in [0, 0.05) is 12.2 Å². The maximum atomic E-state index is 4.76. The van der Waals surface area contributed by atoms with E-state index in [0.29, 0.717) is 0 Å². The number of benzene rings is 2. The summed E-state index contributed by atoms with van der Waals surface area (Å²) in [6, 6.07) is 16.7. The van der Waals surface area contributed by atoms with E-state index >= 15 is 0 Å². The first kappa shape index (κ1) is 12.7. The first-order chi connectivity index (χ1) is 9.78. The maximum Gasteiger partial charge on any atom is 0.129 e. The molecule has 1 aromatic heterocycles. The predicted octanol–water partition coefficient (Wildman–Crippen LogP) is 3.98. The van der Waals surface area contributed by atoms with E-state index in [1.165, 1.54) is 11.1 Å². The van der Waals surface area contributed by atoms with Gasteiger partial charge in [-0.3, -0.25) is 0 Å². The third-order valence-electron chi connectivity index (χ3n) is 3.52. The number of nitrogens with zero attached hydrogens (tertiary/aromatic N) is 2. The van der Waals surface area contributed by atoms with Gasteiger partial charge in [0.1, 0.15) is 5.82 Å². The highest BCUT2D eigenvalue weighted by atomic mass is 15.1. The number of hydrogen-bond donors (Lipinski definition) is 1. The van der Waals surface area contributed by atoms with Crippen LogP contribution in [-0.2, 0) is 13.1 Å². The van der Waals surface area contributed by atoms with Gasteiger partial charge in [0.25, 0.3) is 0 Å². The second kappa shape index (κ2) is 5.37. The van der Waals surface area contributed by atoms with E-state index in [0.717, 1.165) is 30.1 Å². The Kier molecular flexibility index (Phi) is 3.42. The molecule has 3 rings (SSSR count). The SMILES string of the molecule is CCn1c(CNc2ccccc2)nc2cc(C)ccc21. The van der Waals surface area contributed by atoms with Crippen molar-refractivity contribution in [2.75, 3.05) is 5.32 Å². The third kappa shape index (κ3) is 2.39. The molecule has 0 aliphatic carbocycles. The summed E-state index contributed by atoms with van der Waals surface area (Å²) in [5, 5.41) is 3.43. The molecule has 20 heavy (non-hydrogen) atoms. The number of aromatic nitrogens is 2. The van der Waals surface area contributed by atoms with Crippen molar-refractivity contribution in [1.29, 1.82) is 0 Å². The zero-order chi connectivity index (χ0) is 13.9. The summed E-state index contributed by atoms with van der Waals surface area (Å²) in [6.07, 6.45) is 0. The number of aryl methyl sites for hydroxylation is 2. The molecule has 0 radical (unpaired) electrons. The van der Waals surface area contributed by atoms with E-state index < -0.39 is 0 Å². The molecule has 0 aliphatic heterocycles. The first-order valence-electron chi connectivity index (χ1n) is 7.02. The number of rotatable bonds is 4. The zero-order valence-electron chi connectivity index (χ0n) is 11.9. The zero-order valence-corrected chi connectivity index (χ0v) is 11.9. The van der Waals surface area contributed by atoms with Crippen molar-refractivity contribution in [1.82, 2.24) is 9.55 Å². The standard InChI is InChI=1S/C17H19N3/c1-3-20-16-10-9-13(2)11-15(16)19-17(20)12-18-14-7-5-4-6-8-14/h4-11,18H,3,12H2,1-2H3. The van der Waals surface area contributed by atoms with E-state index in [1.54, 1.807) is 0 Å². The lowest BCUT2D eigenvalue weighted by molar-refractivity contribution is 0.729. The normalized spacial score (nSPS) is 10.9. The lowest BCUT2D eigenvalue weighted by Crippen LogP contribution is -2.07. The Hall–Kier alpha value is -2.29. The molecular formula is C17H19N3. The van der Waals surface area contributed by atoms with Gasteiger partial charge >= 0.3 is 0 Å².